The molecule has 0 heterocycles. The Kier molecular flexibility index (Phi) is 29.0. The second-order valence-electron chi connectivity index (χ2n) is 11.5. The summed E-state index contributed by atoms with van der Waals surface area (Å²) >= 11 is 0. The molecule has 0 saturated heterocycles. The van der Waals surface area contributed by atoms with Crippen molar-refractivity contribution in [1.29, 1.82) is 0 Å². The van der Waals surface area contributed by atoms with Crippen LogP contribution in [-0.2, 0) is 14.3 Å². The third-order valence-electron chi connectivity index (χ3n) is 7.57. The predicted molar refractivity (Wildman–Crippen MR) is 163 cm³/mol. The summed E-state index contributed by atoms with van der Waals surface area (Å²) < 4.78 is 5.36. The van der Waals surface area contributed by atoms with Gasteiger partial charge in [0.25, 0.3) is 0 Å². The Bertz CT molecular complexity index is 542. The molecule has 2 N–H and O–H groups in total. The summed E-state index contributed by atoms with van der Waals surface area (Å²) in [5, 5.41) is 19.1. The summed E-state index contributed by atoms with van der Waals surface area (Å²) in [6.45, 7) is 4.23. The Morgan fingerprint density at radius 1 is 0.615 bits per heavy atom. The lowest BCUT2D eigenvalue weighted by Gasteiger charge is -2.24. The van der Waals surface area contributed by atoms with Gasteiger partial charge in [-0.05, 0) is 12.8 Å². The van der Waals surface area contributed by atoms with E-state index in [1.54, 1.807) is 0 Å². The zero-order valence-corrected chi connectivity index (χ0v) is 25.9. The van der Waals surface area contributed by atoms with Crippen LogP contribution in [0.5, 0.6) is 0 Å². The number of hydrogen-bond acceptors (Lipinski definition) is 5. The van der Waals surface area contributed by atoms with Crippen molar-refractivity contribution < 1.29 is 24.5 Å². The number of aliphatic hydroxyl groups is 2. The van der Waals surface area contributed by atoms with Crippen LogP contribution in [0.4, 0.5) is 0 Å². The fraction of sp³-hybridized carbons (Fsp3) is 0.939. The number of unbranched alkanes of at least 4 members (excludes halogenated alkanes) is 21. The van der Waals surface area contributed by atoms with E-state index >= 15 is 0 Å². The van der Waals surface area contributed by atoms with Crippen LogP contribution in [-0.4, -0.2) is 59.4 Å². The quantitative estimate of drug-likeness (QED) is 0.0690. The summed E-state index contributed by atoms with van der Waals surface area (Å²) in [5.41, 5.74) is 0. The van der Waals surface area contributed by atoms with Gasteiger partial charge in [0, 0.05) is 13.0 Å². The first-order valence-corrected chi connectivity index (χ1v) is 16.8. The first-order valence-electron chi connectivity index (χ1n) is 16.8. The van der Waals surface area contributed by atoms with Gasteiger partial charge in [-0.2, -0.15) is 0 Å². The molecular weight excluding hydrogens is 490 g/mol. The van der Waals surface area contributed by atoms with Gasteiger partial charge in [-0.15, -0.1) is 0 Å². The minimum absolute atomic E-state index is 0.0405. The van der Waals surface area contributed by atoms with Crippen LogP contribution in [0.1, 0.15) is 168 Å². The topological polar surface area (TPSA) is 87.1 Å². The maximum atomic E-state index is 12.7. The summed E-state index contributed by atoms with van der Waals surface area (Å²) in [6.07, 6.45) is 27.7. The highest BCUT2D eigenvalue weighted by molar-refractivity contribution is 5.82. The van der Waals surface area contributed by atoms with E-state index < -0.39 is 18.7 Å². The van der Waals surface area contributed by atoms with Gasteiger partial charge < -0.3 is 19.8 Å². The molecule has 1 amide bonds. The Hall–Kier alpha value is -1.14. The summed E-state index contributed by atoms with van der Waals surface area (Å²) in [7, 11) is 0. The molecule has 0 aromatic rings. The molecule has 1 unspecified atom stereocenters. The summed E-state index contributed by atoms with van der Waals surface area (Å²) in [4.78, 5) is 26.4. The number of rotatable bonds is 30. The maximum Gasteiger partial charge on any atom is 0.325 e. The minimum Gasteiger partial charge on any atom is -0.464 e. The van der Waals surface area contributed by atoms with Gasteiger partial charge in [0.15, 0.2) is 0 Å². The van der Waals surface area contributed by atoms with E-state index in [2.05, 4.69) is 13.8 Å². The monoisotopic (exact) mass is 555 g/mol. The standard InChI is InChI=1S/C33H65NO5/c1-3-5-7-9-11-13-15-16-17-18-20-22-24-26-32(37)34(28-31(36)30-35)29-33(38)39-27-25-23-21-19-14-12-10-8-6-4-2/h31,35-36H,3-30H2,1-2H3. The molecule has 0 fully saturated rings. The van der Waals surface area contributed by atoms with Crippen molar-refractivity contribution in [2.75, 3.05) is 26.3 Å². The van der Waals surface area contributed by atoms with Gasteiger partial charge in [0.05, 0.1) is 19.3 Å². The molecule has 232 valence electrons. The van der Waals surface area contributed by atoms with Crippen LogP contribution in [0.3, 0.4) is 0 Å². The van der Waals surface area contributed by atoms with Crippen molar-refractivity contribution in [2.45, 2.75) is 174 Å². The molecule has 0 aliphatic rings. The number of ether oxygens (including phenoxy) is 1. The average molecular weight is 556 g/mol. The molecule has 0 aliphatic carbocycles. The smallest absolute Gasteiger partial charge is 0.325 e. The van der Waals surface area contributed by atoms with E-state index in [1.165, 1.54) is 114 Å². The van der Waals surface area contributed by atoms with Gasteiger partial charge in [0.2, 0.25) is 5.91 Å². The van der Waals surface area contributed by atoms with Gasteiger partial charge in [-0.1, -0.05) is 149 Å². The molecule has 6 nitrogen and oxygen atoms in total. The molecule has 0 spiro atoms. The third-order valence-corrected chi connectivity index (χ3v) is 7.57. The number of nitrogens with zero attached hydrogens (tertiary/aromatic N) is 1. The van der Waals surface area contributed by atoms with Crippen LogP contribution < -0.4 is 0 Å². The molecule has 0 aromatic carbocycles. The van der Waals surface area contributed by atoms with Crippen molar-refractivity contribution in [2.24, 2.45) is 0 Å². The van der Waals surface area contributed by atoms with Crippen molar-refractivity contribution in [3.63, 3.8) is 0 Å². The molecule has 0 bridgehead atoms. The lowest BCUT2D eigenvalue weighted by Crippen LogP contribution is -2.42. The van der Waals surface area contributed by atoms with E-state index in [0.29, 0.717) is 13.0 Å². The van der Waals surface area contributed by atoms with E-state index in [9.17, 15) is 19.8 Å². The lowest BCUT2D eigenvalue weighted by atomic mass is 10.0. The van der Waals surface area contributed by atoms with Crippen LogP contribution in [0.15, 0.2) is 0 Å². The van der Waals surface area contributed by atoms with E-state index in [0.717, 1.165) is 38.5 Å². The second kappa shape index (κ2) is 29.8. The van der Waals surface area contributed by atoms with Crippen LogP contribution in [0.25, 0.3) is 0 Å². The molecule has 0 saturated carbocycles. The third kappa shape index (κ3) is 26.8. The zero-order valence-electron chi connectivity index (χ0n) is 25.9. The highest BCUT2D eigenvalue weighted by Crippen LogP contribution is 2.14. The molecule has 0 aromatic heterocycles. The molecular formula is C33H65NO5. The van der Waals surface area contributed by atoms with Crippen molar-refractivity contribution >= 4 is 11.9 Å². The molecule has 6 heteroatoms. The highest BCUT2D eigenvalue weighted by atomic mass is 16.5. The van der Waals surface area contributed by atoms with E-state index in [1.807, 2.05) is 0 Å². The fourth-order valence-electron chi connectivity index (χ4n) is 5.00. The molecule has 0 rings (SSSR count). The predicted octanol–water partition coefficient (Wildman–Crippen LogP) is 8.11. The number of carbonyl (C=O) groups excluding carboxylic acids is 2. The molecule has 1 atom stereocenters. The number of aliphatic hydroxyl groups excluding tert-OH is 2. The maximum absolute atomic E-state index is 12.7. The van der Waals surface area contributed by atoms with Crippen LogP contribution in [0.2, 0.25) is 0 Å². The zero-order chi connectivity index (χ0) is 28.8. The highest BCUT2D eigenvalue weighted by Gasteiger charge is 2.20. The van der Waals surface area contributed by atoms with Crippen LogP contribution in [0, 0.1) is 0 Å². The van der Waals surface area contributed by atoms with Gasteiger partial charge >= 0.3 is 5.97 Å². The van der Waals surface area contributed by atoms with Gasteiger partial charge in [-0.25, -0.2) is 0 Å². The Morgan fingerprint density at radius 3 is 1.41 bits per heavy atom. The van der Waals surface area contributed by atoms with Crippen molar-refractivity contribution in [1.82, 2.24) is 4.90 Å². The molecule has 0 radical (unpaired) electrons. The van der Waals surface area contributed by atoms with Crippen molar-refractivity contribution in [3.05, 3.63) is 0 Å². The Balaban J connectivity index is 3.92. The van der Waals surface area contributed by atoms with Gasteiger partial charge in [0.1, 0.15) is 6.54 Å². The van der Waals surface area contributed by atoms with E-state index in [-0.39, 0.29) is 19.0 Å². The first-order chi connectivity index (χ1) is 19.0. The number of hydrogen-bond donors (Lipinski definition) is 2. The van der Waals surface area contributed by atoms with Crippen molar-refractivity contribution in [3.8, 4) is 0 Å². The largest absolute Gasteiger partial charge is 0.464 e. The fourth-order valence-corrected chi connectivity index (χ4v) is 5.00. The second-order valence-corrected chi connectivity index (χ2v) is 11.5. The average Bonchev–Trinajstić information content (AvgIpc) is 2.93. The van der Waals surface area contributed by atoms with Gasteiger partial charge in [-0.3, -0.25) is 9.59 Å². The summed E-state index contributed by atoms with van der Waals surface area (Å²) in [5.74, 6) is -0.587. The summed E-state index contributed by atoms with van der Waals surface area (Å²) in [6, 6.07) is 0. The Morgan fingerprint density at radius 2 is 1.00 bits per heavy atom. The number of esters is 1. The Labute approximate surface area is 241 Å². The SMILES string of the molecule is CCCCCCCCCCCCCCCC(=O)N(CC(=O)OCCCCCCCCCCCC)CC(O)CO. The number of carbonyl (C=O) groups is 2. The number of amides is 1. The lowest BCUT2D eigenvalue weighted by molar-refractivity contribution is -0.150. The molecule has 0 aliphatic heterocycles. The minimum atomic E-state index is -1.05. The van der Waals surface area contributed by atoms with E-state index in [4.69, 9.17) is 4.74 Å². The molecule has 39 heavy (non-hydrogen) atoms. The first kappa shape index (κ1) is 37.9. The van der Waals surface area contributed by atoms with Crippen LogP contribution >= 0.6 is 0 Å². The normalized spacial score (nSPS) is 12.0.